The highest BCUT2D eigenvalue weighted by Crippen LogP contribution is 2.29. The number of hydrogen-bond donors (Lipinski definition) is 1. The van der Waals surface area contributed by atoms with Gasteiger partial charge in [-0.05, 0) is 53.7 Å². The number of anilines is 1. The maximum Gasteiger partial charge on any atom is 0.131 e. The molecule has 2 N–H and O–H groups in total. The smallest absolute Gasteiger partial charge is 0.131 e. The second kappa shape index (κ2) is 5.01. The highest BCUT2D eigenvalue weighted by atomic mass is 79.9. The van der Waals surface area contributed by atoms with Crippen LogP contribution in [0.3, 0.4) is 0 Å². The fourth-order valence-electron chi connectivity index (χ4n) is 1.24. The van der Waals surface area contributed by atoms with Gasteiger partial charge in [0, 0.05) is 16.2 Å². The van der Waals surface area contributed by atoms with Crippen LogP contribution in [-0.4, -0.2) is 15.0 Å². The molecular formula is C11H11BrN4S. The van der Waals surface area contributed by atoms with Gasteiger partial charge < -0.3 is 5.73 Å². The van der Waals surface area contributed by atoms with Gasteiger partial charge in [-0.15, -0.1) is 0 Å². The SMILES string of the molecule is Cc1nc(N)c(C)c(Sc2ccc(Br)cn2)n1. The van der Waals surface area contributed by atoms with E-state index in [0.29, 0.717) is 11.6 Å². The molecule has 0 bridgehead atoms. The van der Waals surface area contributed by atoms with Crippen molar-refractivity contribution in [1.82, 2.24) is 15.0 Å². The molecule has 0 amide bonds. The molecule has 0 unspecified atom stereocenters. The van der Waals surface area contributed by atoms with Crippen LogP contribution < -0.4 is 5.73 Å². The van der Waals surface area contributed by atoms with Crippen LogP contribution in [0.25, 0.3) is 0 Å². The maximum atomic E-state index is 5.81. The van der Waals surface area contributed by atoms with Gasteiger partial charge in [-0.25, -0.2) is 15.0 Å². The Balaban J connectivity index is 2.32. The number of pyridine rings is 1. The fourth-order valence-corrected chi connectivity index (χ4v) is 2.35. The van der Waals surface area contributed by atoms with E-state index < -0.39 is 0 Å². The lowest BCUT2D eigenvalue weighted by atomic mass is 10.3. The molecule has 6 heteroatoms. The van der Waals surface area contributed by atoms with Crippen LogP contribution in [-0.2, 0) is 0 Å². The number of nitrogens with zero attached hydrogens (tertiary/aromatic N) is 3. The van der Waals surface area contributed by atoms with E-state index in [2.05, 4.69) is 30.9 Å². The first-order chi connectivity index (χ1) is 8.06. The number of hydrogen-bond acceptors (Lipinski definition) is 5. The van der Waals surface area contributed by atoms with Crippen LogP contribution in [0.5, 0.6) is 0 Å². The first kappa shape index (κ1) is 12.3. The van der Waals surface area contributed by atoms with E-state index >= 15 is 0 Å². The normalized spacial score (nSPS) is 10.5. The van der Waals surface area contributed by atoms with Crippen molar-refractivity contribution in [3.05, 3.63) is 34.2 Å². The van der Waals surface area contributed by atoms with Crippen LogP contribution >= 0.6 is 27.7 Å². The molecule has 2 rings (SSSR count). The second-order valence-electron chi connectivity index (χ2n) is 3.50. The van der Waals surface area contributed by atoms with Crippen LogP contribution in [0.4, 0.5) is 5.82 Å². The Morgan fingerprint density at radius 1 is 1.24 bits per heavy atom. The Labute approximate surface area is 112 Å². The summed E-state index contributed by atoms with van der Waals surface area (Å²) in [7, 11) is 0. The molecule has 2 aromatic rings. The summed E-state index contributed by atoms with van der Waals surface area (Å²) in [6, 6.07) is 3.88. The predicted molar refractivity (Wildman–Crippen MR) is 72.0 cm³/mol. The third-order valence-corrected chi connectivity index (χ3v) is 3.66. The van der Waals surface area contributed by atoms with Crippen molar-refractivity contribution in [2.45, 2.75) is 23.9 Å². The molecule has 0 aliphatic rings. The van der Waals surface area contributed by atoms with E-state index in [4.69, 9.17) is 5.73 Å². The third kappa shape index (κ3) is 2.95. The third-order valence-electron chi connectivity index (χ3n) is 2.15. The van der Waals surface area contributed by atoms with Crippen molar-refractivity contribution < 1.29 is 0 Å². The fraction of sp³-hybridized carbons (Fsp3) is 0.182. The lowest BCUT2D eigenvalue weighted by Gasteiger charge is -2.07. The van der Waals surface area contributed by atoms with Crippen LogP contribution in [0, 0.1) is 13.8 Å². The second-order valence-corrected chi connectivity index (χ2v) is 5.43. The summed E-state index contributed by atoms with van der Waals surface area (Å²) in [4.78, 5) is 12.8. The van der Waals surface area contributed by atoms with E-state index in [-0.39, 0.29) is 0 Å². The largest absolute Gasteiger partial charge is 0.383 e. The molecule has 0 atom stereocenters. The molecule has 88 valence electrons. The number of nitrogen functional groups attached to an aromatic ring is 1. The Hall–Kier alpha value is -1.14. The molecule has 4 nitrogen and oxygen atoms in total. The summed E-state index contributed by atoms with van der Waals surface area (Å²) in [6.45, 7) is 3.74. The topological polar surface area (TPSA) is 64.7 Å². The molecule has 0 saturated heterocycles. The van der Waals surface area contributed by atoms with Gasteiger partial charge in [0.05, 0.1) is 0 Å². The zero-order valence-corrected chi connectivity index (χ0v) is 11.8. The molecular weight excluding hydrogens is 300 g/mol. The monoisotopic (exact) mass is 310 g/mol. The number of halogens is 1. The Morgan fingerprint density at radius 2 is 2.00 bits per heavy atom. The minimum Gasteiger partial charge on any atom is -0.383 e. The lowest BCUT2D eigenvalue weighted by Crippen LogP contribution is -2.01. The quantitative estimate of drug-likeness (QED) is 0.864. The molecule has 0 saturated carbocycles. The van der Waals surface area contributed by atoms with Crippen LogP contribution in [0.2, 0.25) is 0 Å². The average molecular weight is 311 g/mol. The number of aryl methyl sites for hydroxylation is 1. The van der Waals surface area contributed by atoms with E-state index in [1.165, 1.54) is 11.8 Å². The summed E-state index contributed by atoms with van der Waals surface area (Å²) in [6.07, 6.45) is 1.76. The Morgan fingerprint density at radius 3 is 2.65 bits per heavy atom. The van der Waals surface area contributed by atoms with Gasteiger partial charge in [0.2, 0.25) is 0 Å². The molecule has 0 spiro atoms. The first-order valence-corrected chi connectivity index (χ1v) is 6.57. The molecule has 0 aliphatic heterocycles. The zero-order valence-electron chi connectivity index (χ0n) is 9.44. The zero-order chi connectivity index (χ0) is 12.4. The Bertz CT molecular complexity index is 542. The van der Waals surface area contributed by atoms with Gasteiger partial charge in [0.1, 0.15) is 21.7 Å². The minimum absolute atomic E-state index is 0.525. The van der Waals surface area contributed by atoms with Gasteiger partial charge in [-0.3, -0.25) is 0 Å². The summed E-state index contributed by atoms with van der Waals surface area (Å²) in [5.41, 5.74) is 6.70. The first-order valence-electron chi connectivity index (χ1n) is 4.96. The van der Waals surface area contributed by atoms with Crippen molar-refractivity contribution in [1.29, 1.82) is 0 Å². The number of nitrogens with two attached hydrogens (primary N) is 1. The van der Waals surface area contributed by atoms with Gasteiger partial charge >= 0.3 is 0 Å². The van der Waals surface area contributed by atoms with Crippen LogP contribution in [0.1, 0.15) is 11.4 Å². The number of rotatable bonds is 2. The highest BCUT2D eigenvalue weighted by Gasteiger charge is 2.08. The molecule has 0 radical (unpaired) electrons. The van der Waals surface area contributed by atoms with Crippen molar-refractivity contribution in [3.8, 4) is 0 Å². The van der Waals surface area contributed by atoms with E-state index in [1.807, 2.05) is 26.0 Å². The molecule has 2 heterocycles. The van der Waals surface area contributed by atoms with Gasteiger partial charge in [0.25, 0.3) is 0 Å². The van der Waals surface area contributed by atoms with Crippen LogP contribution in [0.15, 0.2) is 32.9 Å². The molecule has 0 aliphatic carbocycles. The van der Waals surface area contributed by atoms with Crippen molar-refractivity contribution in [3.63, 3.8) is 0 Å². The predicted octanol–water partition coefficient (Wildman–Crippen LogP) is 2.98. The highest BCUT2D eigenvalue weighted by molar-refractivity contribution is 9.10. The Kier molecular flexibility index (Phi) is 3.63. The number of aromatic nitrogens is 3. The van der Waals surface area contributed by atoms with E-state index in [1.54, 1.807) is 6.20 Å². The van der Waals surface area contributed by atoms with Crippen molar-refractivity contribution in [2.24, 2.45) is 0 Å². The van der Waals surface area contributed by atoms with Gasteiger partial charge in [-0.1, -0.05) is 0 Å². The molecule has 0 aromatic carbocycles. The molecule has 17 heavy (non-hydrogen) atoms. The molecule has 0 fully saturated rings. The standard InChI is InChI=1S/C11H11BrN4S/c1-6-10(13)15-7(2)16-11(6)17-9-4-3-8(12)5-14-9/h3-5H,1-2H3,(H2,13,15,16). The van der Waals surface area contributed by atoms with E-state index in [0.717, 1.165) is 20.1 Å². The summed E-state index contributed by atoms with van der Waals surface area (Å²) < 4.78 is 0.956. The average Bonchev–Trinajstić information content (AvgIpc) is 2.28. The van der Waals surface area contributed by atoms with Crippen molar-refractivity contribution >= 4 is 33.5 Å². The van der Waals surface area contributed by atoms with Crippen molar-refractivity contribution in [2.75, 3.05) is 5.73 Å². The maximum absolute atomic E-state index is 5.81. The van der Waals surface area contributed by atoms with E-state index in [9.17, 15) is 0 Å². The summed E-state index contributed by atoms with van der Waals surface area (Å²) >= 11 is 4.84. The van der Waals surface area contributed by atoms with Gasteiger partial charge in [-0.2, -0.15) is 0 Å². The summed E-state index contributed by atoms with van der Waals surface area (Å²) in [5.74, 6) is 1.20. The van der Waals surface area contributed by atoms with Gasteiger partial charge in [0.15, 0.2) is 0 Å². The molecule has 2 aromatic heterocycles. The minimum atomic E-state index is 0.525. The lowest BCUT2D eigenvalue weighted by molar-refractivity contribution is 0.943. The summed E-state index contributed by atoms with van der Waals surface area (Å²) in [5, 5.41) is 1.73.